The molecule has 3 nitrogen and oxygen atoms in total. The van der Waals surface area contributed by atoms with E-state index in [9.17, 15) is 4.39 Å². The van der Waals surface area contributed by atoms with E-state index >= 15 is 0 Å². The van der Waals surface area contributed by atoms with E-state index in [0.29, 0.717) is 0 Å². The van der Waals surface area contributed by atoms with Crippen molar-refractivity contribution in [1.29, 1.82) is 0 Å². The number of halogens is 1. The number of H-pyrrole nitrogens is 1. The first-order valence-electron chi connectivity index (χ1n) is 6.56. The van der Waals surface area contributed by atoms with Crippen LogP contribution in [0.1, 0.15) is 5.69 Å². The first-order chi connectivity index (χ1) is 10.3. The minimum atomic E-state index is -0.253. The highest BCUT2D eigenvalue weighted by Gasteiger charge is 2.08. The van der Waals surface area contributed by atoms with Gasteiger partial charge >= 0.3 is 0 Å². The van der Waals surface area contributed by atoms with Gasteiger partial charge in [0.25, 0.3) is 0 Å². The van der Waals surface area contributed by atoms with Crippen molar-refractivity contribution in [3.05, 3.63) is 72.7 Å². The van der Waals surface area contributed by atoms with Crippen LogP contribution in [0.5, 0.6) is 0 Å². The summed E-state index contributed by atoms with van der Waals surface area (Å²) in [6.07, 6.45) is 1.71. The molecule has 0 aliphatic carbocycles. The quantitative estimate of drug-likeness (QED) is 0.732. The number of hydrogen-bond acceptors (Lipinski definition) is 2. The fraction of sp³-hybridized carbons (Fsp3) is 0. The number of para-hydroxylation sites is 1. The van der Waals surface area contributed by atoms with E-state index in [4.69, 9.17) is 0 Å². The molecule has 1 aromatic heterocycles. The number of nitrogens with one attached hydrogen (secondary N) is 2. The van der Waals surface area contributed by atoms with E-state index in [0.717, 1.165) is 28.3 Å². The third kappa shape index (κ3) is 2.84. The number of nitrogens with zero attached hydrogens (tertiary/aromatic N) is 1. The van der Waals surface area contributed by atoms with Crippen molar-refractivity contribution in [2.45, 2.75) is 0 Å². The predicted octanol–water partition coefficient (Wildman–Crippen LogP) is 4.60. The van der Waals surface area contributed by atoms with Crippen molar-refractivity contribution in [2.24, 2.45) is 0 Å². The van der Waals surface area contributed by atoms with E-state index < -0.39 is 0 Å². The average molecular weight is 279 g/mol. The van der Waals surface area contributed by atoms with Crippen LogP contribution in [0.25, 0.3) is 17.3 Å². The standard InChI is InChI=1S/C17H14FN3/c1-2-13-11-17(21-20-13)15-5-3-4-6-16(15)19-14-9-7-12(18)8-10-14/h2-11,19H,1H2,(H,20,21). The molecule has 0 radical (unpaired) electrons. The largest absolute Gasteiger partial charge is 0.355 e. The van der Waals surface area contributed by atoms with E-state index in [1.807, 2.05) is 30.3 Å². The van der Waals surface area contributed by atoms with Crippen LogP contribution in [0.3, 0.4) is 0 Å². The third-order valence-corrected chi connectivity index (χ3v) is 3.14. The van der Waals surface area contributed by atoms with Gasteiger partial charge < -0.3 is 5.32 Å². The van der Waals surface area contributed by atoms with Gasteiger partial charge in [0, 0.05) is 16.9 Å². The molecule has 104 valence electrons. The Balaban J connectivity index is 1.95. The number of anilines is 2. The van der Waals surface area contributed by atoms with Crippen LogP contribution >= 0.6 is 0 Å². The van der Waals surface area contributed by atoms with Gasteiger partial charge in [-0.1, -0.05) is 24.8 Å². The Bertz CT molecular complexity index is 760. The second-order valence-electron chi connectivity index (χ2n) is 4.59. The monoisotopic (exact) mass is 279 g/mol. The van der Waals surface area contributed by atoms with E-state index in [1.165, 1.54) is 12.1 Å². The van der Waals surface area contributed by atoms with Crippen LogP contribution < -0.4 is 5.32 Å². The summed E-state index contributed by atoms with van der Waals surface area (Å²) in [5.74, 6) is -0.253. The molecule has 0 amide bonds. The molecule has 1 heterocycles. The molecule has 0 saturated carbocycles. The molecule has 0 fully saturated rings. The van der Waals surface area contributed by atoms with Gasteiger partial charge in [0.15, 0.2) is 0 Å². The fourth-order valence-electron chi connectivity index (χ4n) is 2.08. The zero-order valence-electron chi connectivity index (χ0n) is 11.3. The van der Waals surface area contributed by atoms with Crippen LogP contribution in [0.15, 0.2) is 61.2 Å². The van der Waals surface area contributed by atoms with Gasteiger partial charge in [-0.25, -0.2) is 4.39 Å². The van der Waals surface area contributed by atoms with Crippen molar-refractivity contribution in [3.63, 3.8) is 0 Å². The Morgan fingerprint density at radius 2 is 1.86 bits per heavy atom. The molecule has 21 heavy (non-hydrogen) atoms. The summed E-state index contributed by atoms with van der Waals surface area (Å²) in [4.78, 5) is 0. The fourth-order valence-corrected chi connectivity index (χ4v) is 2.08. The molecule has 0 unspecified atom stereocenters. The van der Waals surface area contributed by atoms with Crippen LogP contribution in [-0.4, -0.2) is 10.2 Å². The molecule has 0 bridgehead atoms. The molecule has 0 spiro atoms. The molecule has 0 aliphatic heterocycles. The van der Waals surface area contributed by atoms with Gasteiger partial charge in [0.2, 0.25) is 0 Å². The molecule has 2 aromatic carbocycles. The van der Waals surface area contributed by atoms with Gasteiger partial charge in [-0.3, -0.25) is 5.10 Å². The van der Waals surface area contributed by atoms with Gasteiger partial charge in [0.05, 0.1) is 11.4 Å². The molecule has 0 atom stereocenters. The van der Waals surface area contributed by atoms with E-state index in [-0.39, 0.29) is 5.82 Å². The summed E-state index contributed by atoms with van der Waals surface area (Å²) in [7, 11) is 0. The number of aromatic nitrogens is 2. The normalized spacial score (nSPS) is 10.3. The van der Waals surface area contributed by atoms with Crippen molar-refractivity contribution in [3.8, 4) is 11.3 Å². The SMILES string of the molecule is C=Cc1cc(-c2ccccc2Nc2ccc(F)cc2)n[nH]1. The van der Waals surface area contributed by atoms with Crippen LogP contribution in [-0.2, 0) is 0 Å². The lowest BCUT2D eigenvalue weighted by atomic mass is 10.1. The summed E-state index contributed by atoms with van der Waals surface area (Å²) >= 11 is 0. The Labute approximate surface area is 122 Å². The zero-order valence-corrected chi connectivity index (χ0v) is 11.3. The molecule has 3 rings (SSSR count). The second-order valence-corrected chi connectivity index (χ2v) is 4.59. The molecule has 3 aromatic rings. The number of aromatic amines is 1. The molecule has 2 N–H and O–H groups in total. The summed E-state index contributed by atoms with van der Waals surface area (Å²) < 4.78 is 13.0. The topological polar surface area (TPSA) is 40.7 Å². The van der Waals surface area contributed by atoms with Crippen molar-refractivity contribution >= 4 is 17.5 Å². The van der Waals surface area contributed by atoms with Crippen LogP contribution in [0.4, 0.5) is 15.8 Å². The Kier molecular flexibility index (Phi) is 3.51. The molecule has 0 aliphatic rings. The van der Waals surface area contributed by atoms with Crippen LogP contribution in [0, 0.1) is 5.82 Å². The second kappa shape index (κ2) is 5.63. The third-order valence-electron chi connectivity index (χ3n) is 3.14. The Morgan fingerprint density at radius 1 is 1.10 bits per heavy atom. The first kappa shape index (κ1) is 13.1. The zero-order chi connectivity index (χ0) is 14.7. The maximum atomic E-state index is 13.0. The number of hydrogen-bond donors (Lipinski definition) is 2. The van der Waals surface area contributed by atoms with Crippen LogP contribution in [0.2, 0.25) is 0 Å². The van der Waals surface area contributed by atoms with Gasteiger partial charge in [-0.15, -0.1) is 0 Å². The summed E-state index contributed by atoms with van der Waals surface area (Å²) in [5.41, 5.74) is 4.39. The highest BCUT2D eigenvalue weighted by molar-refractivity contribution is 5.79. The highest BCUT2D eigenvalue weighted by Crippen LogP contribution is 2.29. The van der Waals surface area contributed by atoms with Gasteiger partial charge in [-0.05, 0) is 42.5 Å². The lowest BCUT2D eigenvalue weighted by molar-refractivity contribution is 0.628. The minimum Gasteiger partial charge on any atom is -0.355 e. The van der Waals surface area contributed by atoms with E-state index in [1.54, 1.807) is 18.2 Å². The van der Waals surface area contributed by atoms with Crippen molar-refractivity contribution < 1.29 is 4.39 Å². The van der Waals surface area contributed by atoms with Gasteiger partial charge in [0.1, 0.15) is 5.82 Å². The van der Waals surface area contributed by atoms with E-state index in [2.05, 4.69) is 22.1 Å². The lowest BCUT2D eigenvalue weighted by Crippen LogP contribution is -1.93. The van der Waals surface area contributed by atoms with Crippen molar-refractivity contribution in [1.82, 2.24) is 10.2 Å². The maximum Gasteiger partial charge on any atom is 0.123 e. The Hall–Kier alpha value is -2.88. The number of rotatable bonds is 4. The smallest absolute Gasteiger partial charge is 0.123 e. The molecular weight excluding hydrogens is 265 g/mol. The maximum absolute atomic E-state index is 13.0. The lowest BCUT2D eigenvalue weighted by Gasteiger charge is -2.10. The minimum absolute atomic E-state index is 0.253. The van der Waals surface area contributed by atoms with Crippen molar-refractivity contribution in [2.75, 3.05) is 5.32 Å². The van der Waals surface area contributed by atoms with Gasteiger partial charge in [-0.2, -0.15) is 5.10 Å². The highest BCUT2D eigenvalue weighted by atomic mass is 19.1. The summed E-state index contributed by atoms with van der Waals surface area (Å²) in [5, 5.41) is 10.5. The molecule has 0 saturated heterocycles. The Morgan fingerprint density at radius 3 is 2.57 bits per heavy atom. The first-order valence-corrected chi connectivity index (χ1v) is 6.56. The number of benzene rings is 2. The summed E-state index contributed by atoms with van der Waals surface area (Å²) in [6, 6.07) is 16.0. The molecule has 4 heteroatoms. The predicted molar refractivity (Wildman–Crippen MR) is 83.8 cm³/mol. The average Bonchev–Trinajstić information content (AvgIpc) is 2.99. The molecular formula is C17H14FN3. The summed E-state index contributed by atoms with van der Waals surface area (Å²) in [6.45, 7) is 3.71.